The van der Waals surface area contributed by atoms with Gasteiger partial charge in [0.05, 0.1) is 16.6 Å². The highest BCUT2D eigenvalue weighted by molar-refractivity contribution is 5.93. The third-order valence-electron chi connectivity index (χ3n) is 3.66. The van der Waals surface area contributed by atoms with Gasteiger partial charge in [0.25, 0.3) is 0 Å². The Bertz CT molecular complexity index is 1090. The number of rotatable bonds is 2. The molecule has 24 heavy (non-hydrogen) atoms. The zero-order valence-corrected chi connectivity index (χ0v) is 12.2. The number of benzene rings is 2. The number of nitrogens with one attached hydrogen (secondary N) is 1. The molecule has 7 heteroatoms. The van der Waals surface area contributed by atoms with Crippen molar-refractivity contribution in [3.05, 3.63) is 76.5 Å². The van der Waals surface area contributed by atoms with Crippen molar-refractivity contribution in [3.63, 3.8) is 0 Å². The first-order chi connectivity index (χ1) is 11.6. The zero-order valence-electron chi connectivity index (χ0n) is 12.2. The van der Waals surface area contributed by atoms with E-state index < -0.39 is 17.3 Å². The van der Waals surface area contributed by atoms with Gasteiger partial charge >= 0.3 is 11.5 Å². The fourth-order valence-electron chi connectivity index (χ4n) is 2.50. The highest BCUT2D eigenvalue weighted by atomic mass is 19.1. The molecule has 6 nitrogen and oxygen atoms in total. The number of hydrogen-bond donors (Lipinski definition) is 1. The summed E-state index contributed by atoms with van der Waals surface area (Å²) in [6.45, 7) is 0. The quantitative estimate of drug-likeness (QED) is 0.614. The van der Waals surface area contributed by atoms with Gasteiger partial charge in [0.15, 0.2) is 0 Å². The van der Waals surface area contributed by atoms with Crippen molar-refractivity contribution in [2.45, 2.75) is 0 Å². The van der Waals surface area contributed by atoms with Crippen molar-refractivity contribution in [1.29, 1.82) is 0 Å². The lowest BCUT2D eigenvalue weighted by Gasteiger charge is -2.02. The standard InChI is InChI=1S/C17H10FN3O3/c18-13-8-4-7-11-14-12(9-19-15(11)13)16(22)21(20-14)24-17(23)10-5-2-1-3-6-10/h1-9,19H. The summed E-state index contributed by atoms with van der Waals surface area (Å²) < 4.78 is 13.8. The van der Waals surface area contributed by atoms with E-state index in [9.17, 15) is 14.0 Å². The molecule has 2 heterocycles. The van der Waals surface area contributed by atoms with Gasteiger partial charge in [0, 0.05) is 11.6 Å². The molecule has 0 fully saturated rings. The summed E-state index contributed by atoms with van der Waals surface area (Å²) >= 11 is 0. The Hall–Kier alpha value is -3.48. The van der Waals surface area contributed by atoms with Crippen LogP contribution in [0.4, 0.5) is 4.39 Å². The lowest BCUT2D eigenvalue weighted by Crippen LogP contribution is -2.29. The molecule has 0 aromatic heterocycles. The summed E-state index contributed by atoms with van der Waals surface area (Å²) in [7, 11) is 0. The average Bonchev–Trinajstić information content (AvgIpc) is 2.92. The Labute approximate surface area is 134 Å². The highest BCUT2D eigenvalue weighted by Gasteiger charge is 2.21. The van der Waals surface area contributed by atoms with Crippen LogP contribution in [-0.2, 0) is 0 Å². The molecule has 2 aliphatic heterocycles. The van der Waals surface area contributed by atoms with Gasteiger partial charge in [-0.05, 0) is 23.0 Å². The normalized spacial score (nSPS) is 11.0. The summed E-state index contributed by atoms with van der Waals surface area (Å²) in [5.74, 6) is -1.17. The molecule has 0 bridgehead atoms. The van der Waals surface area contributed by atoms with Gasteiger partial charge in [-0.15, -0.1) is 5.10 Å². The average molecular weight is 323 g/mol. The Morgan fingerprint density at radius 1 is 1.12 bits per heavy atom. The largest absolute Gasteiger partial charge is 0.365 e. The number of halogens is 1. The smallest absolute Gasteiger partial charge is 0.358 e. The molecule has 1 N–H and O–H groups in total. The zero-order chi connectivity index (χ0) is 16.7. The van der Waals surface area contributed by atoms with Crippen LogP contribution in [0.15, 0.2) is 59.5 Å². The maximum Gasteiger partial charge on any atom is 0.365 e. The van der Waals surface area contributed by atoms with Crippen molar-refractivity contribution in [3.8, 4) is 11.3 Å². The molecule has 0 spiro atoms. The van der Waals surface area contributed by atoms with E-state index in [1.165, 1.54) is 18.3 Å². The van der Waals surface area contributed by atoms with Gasteiger partial charge in [-0.1, -0.05) is 30.3 Å². The molecule has 0 aliphatic carbocycles. The number of aromatic nitrogens is 3. The lowest BCUT2D eigenvalue weighted by molar-refractivity contribution is 0.0379. The summed E-state index contributed by atoms with van der Waals surface area (Å²) in [4.78, 5) is 32.8. The van der Waals surface area contributed by atoms with E-state index in [0.29, 0.717) is 15.8 Å². The SMILES string of the molecule is O=C(On1nc2c3cccc(F)c3[nH]cc-2c1=O)c1ccccc1. The van der Waals surface area contributed by atoms with Crippen LogP contribution < -0.4 is 10.4 Å². The van der Waals surface area contributed by atoms with Crippen LogP contribution in [0, 0.1) is 5.82 Å². The van der Waals surface area contributed by atoms with E-state index in [1.54, 1.807) is 36.4 Å². The van der Waals surface area contributed by atoms with E-state index >= 15 is 0 Å². The highest BCUT2D eigenvalue weighted by Crippen LogP contribution is 2.26. The van der Waals surface area contributed by atoms with E-state index in [1.807, 2.05) is 0 Å². The second kappa shape index (κ2) is 5.31. The first-order valence-corrected chi connectivity index (χ1v) is 7.11. The second-order valence-corrected chi connectivity index (χ2v) is 5.14. The number of pyridine rings is 1. The molecule has 0 radical (unpaired) electrons. The molecular formula is C17H10FN3O3. The van der Waals surface area contributed by atoms with Crippen LogP contribution in [0.1, 0.15) is 10.4 Å². The van der Waals surface area contributed by atoms with Crippen LogP contribution in [0.3, 0.4) is 0 Å². The minimum atomic E-state index is -0.708. The van der Waals surface area contributed by atoms with Gasteiger partial charge in [0.2, 0.25) is 0 Å². The Balaban J connectivity index is 1.83. The van der Waals surface area contributed by atoms with Crippen LogP contribution >= 0.6 is 0 Å². The molecular weight excluding hydrogens is 313 g/mol. The number of hydrogen-bond acceptors (Lipinski definition) is 4. The van der Waals surface area contributed by atoms with E-state index in [4.69, 9.17) is 4.84 Å². The molecule has 0 saturated carbocycles. The number of carbonyl (C=O) groups excluding carboxylic acids is 1. The molecule has 0 amide bonds. The van der Waals surface area contributed by atoms with Crippen LogP contribution in [-0.4, -0.2) is 20.9 Å². The van der Waals surface area contributed by atoms with Crippen LogP contribution in [0.2, 0.25) is 0 Å². The molecule has 4 rings (SSSR count). The predicted molar refractivity (Wildman–Crippen MR) is 84.3 cm³/mol. The second-order valence-electron chi connectivity index (χ2n) is 5.14. The summed E-state index contributed by atoms with van der Waals surface area (Å²) in [6, 6.07) is 12.7. The van der Waals surface area contributed by atoms with Crippen molar-refractivity contribution in [2.24, 2.45) is 0 Å². The minimum absolute atomic E-state index is 0.203. The lowest BCUT2D eigenvalue weighted by atomic mass is 10.1. The third kappa shape index (κ3) is 2.14. The monoisotopic (exact) mass is 323 g/mol. The molecule has 2 aliphatic rings. The number of nitrogens with zero attached hydrogens (tertiary/aromatic N) is 2. The topological polar surface area (TPSA) is 77.0 Å². The predicted octanol–water partition coefficient (Wildman–Crippen LogP) is 2.24. The van der Waals surface area contributed by atoms with Crippen molar-refractivity contribution >= 4 is 16.9 Å². The summed E-state index contributed by atoms with van der Waals surface area (Å²) in [5, 5.41) is 4.45. The van der Waals surface area contributed by atoms with Gasteiger partial charge in [-0.3, -0.25) is 4.79 Å². The maximum absolute atomic E-state index is 13.8. The van der Waals surface area contributed by atoms with Gasteiger partial charge in [0.1, 0.15) is 11.5 Å². The number of aromatic amines is 1. The Morgan fingerprint density at radius 2 is 1.92 bits per heavy atom. The third-order valence-corrected chi connectivity index (χ3v) is 3.66. The molecule has 0 unspecified atom stereocenters. The Kier molecular flexibility index (Phi) is 3.13. The summed E-state index contributed by atoms with van der Waals surface area (Å²) in [5.41, 5.74) is 0.378. The number of fused-ring (bicyclic) bond motifs is 3. The van der Waals surface area contributed by atoms with Gasteiger partial charge < -0.3 is 9.82 Å². The molecule has 0 atom stereocenters. The van der Waals surface area contributed by atoms with Crippen LogP contribution in [0.5, 0.6) is 0 Å². The van der Waals surface area contributed by atoms with Crippen molar-refractivity contribution < 1.29 is 14.0 Å². The number of para-hydroxylation sites is 1. The van der Waals surface area contributed by atoms with E-state index in [2.05, 4.69) is 10.1 Å². The number of carbonyl (C=O) groups is 1. The number of H-pyrrole nitrogens is 1. The molecule has 2 aromatic carbocycles. The molecule has 118 valence electrons. The minimum Gasteiger partial charge on any atom is -0.358 e. The van der Waals surface area contributed by atoms with Crippen molar-refractivity contribution in [2.75, 3.05) is 0 Å². The summed E-state index contributed by atoms with van der Waals surface area (Å²) in [6.07, 6.45) is 1.35. The fourth-order valence-corrected chi connectivity index (χ4v) is 2.50. The van der Waals surface area contributed by atoms with Gasteiger partial charge in [-0.2, -0.15) is 0 Å². The maximum atomic E-state index is 13.8. The van der Waals surface area contributed by atoms with Crippen molar-refractivity contribution in [1.82, 2.24) is 14.9 Å². The molecule has 0 saturated heterocycles. The van der Waals surface area contributed by atoms with Crippen LogP contribution in [0.25, 0.3) is 22.2 Å². The first-order valence-electron chi connectivity index (χ1n) is 7.11. The van der Waals surface area contributed by atoms with E-state index in [0.717, 1.165) is 0 Å². The van der Waals surface area contributed by atoms with E-state index in [-0.39, 0.29) is 16.8 Å². The Morgan fingerprint density at radius 3 is 2.71 bits per heavy atom. The first kappa shape index (κ1) is 14.1. The molecule has 2 aromatic rings. The van der Waals surface area contributed by atoms with Gasteiger partial charge in [-0.25, -0.2) is 9.18 Å². The fraction of sp³-hybridized carbons (Fsp3) is 0.